The fourth-order valence-corrected chi connectivity index (χ4v) is 4.13. The maximum atomic E-state index is 9.73. The number of phenolic OH excluding ortho intramolecular Hbond substituents is 1. The summed E-state index contributed by atoms with van der Waals surface area (Å²) >= 11 is 0. The Kier molecular flexibility index (Phi) is 3.30. The number of hydrogen-bond acceptors (Lipinski definition) is 2. The van der Waals surface area contributed by atoms with Gasteiger partial charge in [-0.05, 0) is 60.3 Å². The Hall–Kier alpha value is -1.02. The molecule has 104 valence electrons. The molecule has 0 saturated heterocycles. The Bertz CT molecular complexity index is 470. The summed E-state index contributed by atoms with van der Waals surface area (Å²) in [5.74, 6) is 0.868. The minimum absolute atomic E-state index is 0.263. The average molecular weight is 259 g/mol. The SMILES string of the molecule is CC12CCCCC[C@@H](c3ccc(O)cc3CC1)C2N. The first-order chi connectivity index (χ1) is 9.10. The van der Waals surface area contributed by atoms with Gasteiger partial charge >= 0.3 is 0 Å². The van der Waals surface area contributed by atoms with Gasteiger partial charge in [0.25, 0.3) is 0 Å². The van der Waals surface area contributed by atoms with Gasteiger partial charge < -0.3 is 10.8 Å². The Balaban J connectivity index is 2.05. The minimum Gasteiger partial charge on any atom is -0.508 e. The van der Waals surface area contributed by atoms with E-state index in [0.717, 1.165) is 12.8 Å². The molecular weight excluding hydrogens is 234 g/mol. The first-order valence-corrected chi connectivity index (χ1v) is 7.67. The lowest BCUT2D eigenvalue weighted by molar-refractivity contribution is 0.172. The van der Waals surface area contributed by atoms with Gasteiger partial charge in [-0.2, -0.15) is 0 Å². The second kappa shape index (κ2) is 4.82. The van der Waals surface area contributed by atoms with E-state index in [0.29, 0.717) is 11.7 Å². The predicted molar refractivity (Wildman–Crippen MR) is 78.3 cm³/mol. The molecule has 19 heavy (non-hydrogen) atoms. The van der Waals surface area contributed by atoms with Crippen molar-refractivity contribution in [2.45, 2.75) is 63.8 Å². The summed E-state index contributed by atoms with van der Waals surface area (Å²) < 4.78 is 0. The van der Waals surface area contributed by atoms with Crippen molar-refractivity contribution in [3.05, 3.63) is 29.3 Å². The fraction of sp³-hybridized carbons (Fsp3) is 0.647. The number of nitrogens with two attached hydrogens (primary N) is 1. The van der Waals surface area contributed by atoms with E-state index >= 15 is 0 Å². The van der Waals surface area contributed by atoms with Crippen molar-refractivity contribution in [3.63, 3.8) is 0 Å². The van der Waals surface area contributed by atoms with E-state index < -0.39 is 0 Å². The van der Waals surface area contributed by atoms with Crippen LogP contribution in [0.5, 0.6) is 5.75 Å². The van der Waals surface area contributed by atoms with Gasteiger partial charge in [0.05, 0.1) is 0 Å². The molecule has 0 amide bonds. The Morgan fingerprint density at radius 1 is 1.21 bits per heavy atom. The third-order valence-electron chi connectivity index (χ3n) is 5.49. The molecule has 0 aromatic heterocycles. The second-order valence-electron chi connectivity index (χ2n) is 6.77. The largest absolute Gasteiger partial charge is 0.508 e. The van der Waals surface area contributed by atoms with Crippen LogP contribution in [0.3, 0.4) is 0 Å². The first kappa shape index (κ1) is 13.0. The zero-order chi connectivity index (χ0) is 13.5. The molecule has 2 bridgehead atoms. The fourth-order valence-electron chi connectivity index (χ4n) is 4.13. The maximum Gasteiger partial charge on any atom is 0.115 e. The monoisotopic (exact) mass is 259 g/mol. The van der Waals surface area contributed by atoms with Crippen molar-refractivity contribution in [1.82, 2.24) is 0 Å². The van der Waals surface area contributed by atoms with Crippen LogP contribution >= 0.6 is 0 Å². The van der Waals surface area contributed by atoms with Gasteiger partial charge in [-0.3, -0.25) is 0 Å². The van der Waals surface area contributed by atoms with Crippen LogP contribution in [0.25, 0.3) is 0 Å². The van der Waals surface area contributed by atoms with Crippen molar-refractivity contribution < 1.29 is 5.11 Å². The summed E-state index contributed by atoms with van der Waals surface area (Å²) in [5.41, 5.74) is 9.67. The Labute approximate surface area is 116 Å². The van der Waals surface area contributed by atoms with E-state index in [4.69, 9.17) is 5.73 Å². The summed E-state index contributed by atoms with van der Waals surface area (Å²) in [6, 6.07) is 6.16. The van der Waals surface area contributed by atoms with Crippen LogP contribution in [0.4, 0.5) is 0 Å². The van der Waals surface area contributed by atoms with Crippen LogP contribution in [0, 0.1) is 5.41 Å². The summed E-state index contributed by atoms with van der Waals surface area (Å²) in [4.78, 5) is 0. The number of aryl methyl sites for hydroxylation is 1. The van der Waals surface area contributed by atoms with Crippen LogP contribution in [-0.2, 0) is 6.42 Å². The smallest absolute Gasteiger partial charge is 0.115 e. The summed E-state index contributed by atoms with van der Waals surface area (Å²) in [5, 5.41) is 9.73. The molecule has 1 fully saturated rings. The maximum absolute atomic E-state index is 9.73. The number of hydrogen-bond donors (Lipinski definition) is 2. The summed E-state index contributed by atoms with van der Waals surface area (Å²) in [6.07, 6.45) is 8.62. The molecule has 0 aliphatic heterocycles. The highest BCUT2D eigenvalue weighted by molar-refractivity contribution is 5.39. The van der Waals surface area contributed by atoms with Gasteiger partial charge in [-0.15, -0.1) is 0 Å². The molecule has 0 spiro atoms. The highest BCUT2D eigenvalue weighted by Crippen LogP contribution is 2.47. The van der Waals surface area contributed by atoms with E-state index in [-0.39, 0.29) is 11.5 Å². The number of fused-ring (bicyclic) bond motifs is 4. The third kappa shape index (κ3) is 2.27. The van der Waals surface area contributed by atoms with Gasteiger partial charge in [0.2, 0.25) is 0 Å². The van der Waals surface area contributed by atoms with Gasteiger partial charge in [0.15, 0.2) is 0 Å². The van der Waals surface area contributed by atoms with E-state index in [1.54, 1.807) is 0 Å². The van der Waals surface area contributed by atoms with Crippen LogP contribution < -0.4 is 5.73 Å². The number of rotatable bonds is 0. The summed E-state index contributed by atoms with van der Waals surface area (Å²) in [6.45, 7) is 2.38. The lowest BCUT2D eigenvalue weighted by Gasteiger charge is -2.40. The molecule has 2 aliphatic rings. The standard InChI is InChI=1S/C17H25NO/c1-17-9-4-2-3-5-15(16(17)18)14-7-6-13(19)11-12(14)8-10-17/h6-7,11,15-16,19H,2-5,8-10,18H2,1H3/t15-,16?,17?/m0/s1. The lowest BCUT2D eigenvalue weighted by Crippen LogP contribution is -2.44. The molecule has 1 saturated carbocycles. The van der Waals surface area contributed by atoms with E-state index in [1.807, 2.05) is 12.1 Å². The topological polar surface area (TPSA) is 46.2 Å². The van der Waals surface area contributed by atoms with Gasteiger partial charge in [0.1, 0.15) is 5.75 Å². The van der Waals surface area contributed by atoms with Crippen LogP contribution in [0.2, 0.25) is 0 Å². The molecule has 1 aromatic carbocycles. The normalized spacial score (nSPS) is 34.8. The molecule has 2 nitrogen and oxygen atoms in total. The average Bonchev–Trinajstić information content (AvgIpc) is 2.50. The number of benzene rings is 1. The molecule has 3 rings (SSSR count). The second-order valence-corrected chi connectivity index (χ2v) is 6.77. The van der Waals surface area contributed by atoms with Crippen LogP contribution in [0.15, 0.2) is 18.2 Å². The van der Waals surface area contributed by atoms with Crippen molar-refractivity contribution in [2.24, 2.45) is 11.1 Å². The highest BCUT2D eigenvalue weighted by atomic mass is 16.3. The van der Waals surface area contributed by atoms with Gasteiger partial charge in [-0.1, -0.05) is 32.3 Å². The third-order valence-corrected chi connectivity index (χ3v) is 5.49. The zero-order valence-corrected chi connectivity index (χ0v) is 11.9. The van der Waals surface area contributed by atoms with Crippen molar-refractivity contribution in [1.29, 1.82) is 0 Å². The van der Waals surface area contributed by atoms with E-state index in [9.17, 15) is 5.11 Å². The number of phenols is 1. The zero-order valence-electron chi connectivity index (χ0n) is 11.9. The van der Waals surface area contributed by atoms with E-state index in [2.05, 4.69) is 13.0 Å². The highest BCUT2D eigenvalue weighted by Gasteiger charge is 2.40. The lowest BCUT2D eigenvalue weighted by atomic mass is 9.68. The molecule has 2 aliphatic carbocycles. The van der Waals surface area contributed by atoms with E-state index in [1.165, 1.54) is 43.2 Å². The molecule has 0 radical (unpaired) electrons. The Morgan fingerprint density at radius 3 is 2.89 bits per heavy atom. The molecule has 0 heterocycles. The van der Waals surface area contributed by atoms with Crippen LogP contribution in [-0.4, -0.2) is 11.1 Å². The van der Waals surface area contributed by atoms with Crippen molar-refractivity contribution >= 4 is 0 Å². The van der Waals surface area contributed by atoms with Gasteiger partial charge in [0, 0.05) is 6.04 Å². The molecule has 1 aromatic rings. The van der Waals surface area contributed by atoms with Crippen molar-refractivity contribution in [2.75, 3.05) is 0 Å². The molecular formula is C17H25NO. The number of aromatic hydroxyl groups is 1. The quantitative estimate of drug-likeness (QED) is 0.746. The molecule has 2 heteroatoms. The molecule has 3 atom stereocenters. The molecule has 3 N–H and O–H groups in total. The predicted octanol–water partition coefficient (Wildman–Crippen LogP) is 3.72. The summed E-state index contributed by atoms with van der Waals surface area (Å²) in [7, 11) is 0. The Morgan fingerprint density at radius 2 is 2.05 bits per heavy atom. The first-order valence-electron chi connectivity index (χ1n) is 7.67. The van der Waals surface area contributed by atoms with Crippen molar-refractivity contribution in [3.8, 4) is 5.75 Å². The van der Waals surface area contributed by atoms with Gasteiger partial charge in [-0.25, -0.2) is 0 Å². The molecule has 2 unspecified atom stereocenters. The minimum atomic E-state index is 0.263. The van der Waals surface area contributed by atoms with Crippen LogP contribution in [0.1, 0.15) is 62.5 Å².